The Morgan fingerprint density at radius 3 is 2.79 bits per heavy atom. The van der Waals surface area contributed by atoms with Crippen LogP contribution in [0.1, 0.15) is 28.1 Å². The van der Waals surface area contributed by atoms with Crippen molar-refractivity contribution in [2.75, 3.05) is 11.9 Å². The number of hydrogen-bond donors (Lipinski definition) is 1. The molecule has 1 N–H and O–H groups in total. The van der Waals surface area contributed by atoms with Gasteiger partial charge in [0.1, 0.15) is 10.7 Å². The smallest absolute Gasteiger partial charge is 0.347 e. The predicted octanol–water partition coefficient (Wildman–Crippen LogP) is 1.77. The number of carboxylic acids is 1. The van der Waals surface area contributed by atoms with E-state index >= 15 is 0 Å². The summed E-state index contributed by atoms with van der Waals surface area (Å²) in [7, 11) is 3.82. The lowest BCUT2D eigenvalue weighted by molar-refractivity contribution is 0.0701. The molecule has 0 aliphatic heterocycles. The summed E-state index contributed by atoms with van der Waals surface area (Å²) in [6.07, 6.45) is 4.24. The Labute approximate surface area is 115 Å². The van der Waals surface area contributed by atoms with Gasteiger partial charge in [0.25, 0.3) is 0 Å². The van der Waals surface area contributed by atoms with Crippen molar-refractivity contribution in [1.29, 1.82) is 0 Å². The lowest BCUT2D eigenvalue weighted by atomic mass is 10.3. The number of hydrogen-bond acceptors (Lipinski definition) is 5. The molecule has 0 saturated heterocycles. The van der Waals surface area contributed by atoms with Crippen molar-refractivity contribution in [2.24, 2.45) is 7.05 Å². The molecule has 6 nitrogen and oxygen atoms in total. The van der Waals surface area contributed by atoms with E-state index in [4.69, 9.17) is 5.11 Å². The highest BCUT2D eigenvalue weighted by Gasteiger charge is 2.18. The zero-order valence-corrected chi connectivity index (χ0v) is 11.9. The van der Waals surface area contributed by atoms with Crippen molar-refractivity contribution in [3.05, 3.63) is 28.8 Å². The van der Waals surface area contributed by atoms with E-state index in [2.05, 4.69) is 9.97 Å². The van der Waals surface area contributed by atoms with Gasteiger partial charge in [0.15, 0.2) is 5.13 Å². The molecule has 0 unspecified atom stereocenters. The second-order valence-corrected chi connectivity index (χ2v) is 5.22. The Kier molecular flexibility index (Phi) is 3.84. The van der Waals surface area contributed by atoms with Gasteiger partial charge in [-0.15, -0.1) is 0 Å². The van der Waals surface area contributed by atoms with Crippen LogP contribution in [0.3, 0.4) is 0 Å². The van der Waals surface area contributed by atoms with E-state index in [1.165, 1.54) is 11.3 Å². The summed E-state index contributed by atoms with van der Waals surface area (Å²) in [5, 5.41) is 9.83. The highest BCUT2D eigenvalue weighted by Crippen LogP contribution is 2.26. The standard InChI is InChI=1S/C12H16N4O2S/c1-4-8-10(11(17)18)19-12(14-8)16(3)7-9-13-5-6-15(9)2/h5-6H,4,7H2,1-3H3,(H,17,18). The fourth-order valence-corrected chi connectivity index (χ4v) is 2.69. The molecule has 0 aliphatic rings. The van der Waals surface area contributed by atoms with Crippen molar-refractivity contribution in [1.82, 2.24) is 14.5 Å². The molecule has 2 rings (SSSR count). The van der Waals surface area contributed by atoms with E-state index in [1.807, 2.05) is 36.7 Å². The van der Waals surface area contributed by atoms with Gasteiger partial charge in [-0.25, -0.2) is 14.8 Å². The molecule has 0 amide bonds. The number of aryl methyl sites for hydroxylation is 2. The maximum atomic E-state index is 11.1. The van der Waals surface area contributed by atoms with Crippen LogP contribution in [0.15, 0.2) is 12.4 Å². The second-order valence-electron chi connectivity index (χ2n) is 4.24. The first kappa shape index (κ1) is 13.5. The molecule has 2 aromatic rings. The fraction of sp³-hybridized carbons (Fsp3) is 0.417. The molecule has 0 bridgehead atoms. The average molecular weight is 280 g/mol. The molecule has 0 saturated carbocycles. The quantitative estimate of drug-likeness (QED) is 0.904. The van der Waals surface area contributed by atoms with Gasteiger partial charge < -0.3 is 14.6 Å². The van der Waals surface area contributed by atoms with Crippen LogP contribution >= 0.6 is 11.3 Å². The van der Waals surface area contributed by atoms with Crippen LogP contribution in [-0.4, -0.2) is 32.7 Å². The number of thiazole rings is 1. The average Bonchev–Trinajstić information content (AvgIpc) is 2.96. The first-order valence-corrected chi connectivity index (χ1v) is 6.75. The van der Waals surface area contributed by atoms with Gasteiger partial charge in [-0.05, 0) is 6.42 Å². The summed E-state index contributed by atoms with van der Waals surface area (Å²) in [4.78, 5) is 22.0. The van der Waals surface area contributed by atoms with Crippen molar-refractivity contribution in [2.45, 2.75) is 19.9 Å². The van der Waals surface area contributed by atoms with Gasteiger partial charge in [-0.2, -0.15) is 0 Å². The summed E-state index contributed by atoms with van der Waals surface area (Å²) in [6.45, 7) is 2.50. The zero-order valence-electron chi connectivity index (χ0n) is 11.1. The summed E-state index contributed by atoms with van der Waals surface area (Å²) in [5.41, 5.74) is 0.638. The van der Waals surface area contributed by atoms with Gasteiger partial charge in [0.05, 0.1) is 12.2 Å². The molecule has 7 heteroatoms. The number of imidazole rings is 1. The number of carboxylic acid groups (broad SMARTS) is 1. The molecular weight excluding hydrogens is 264 g/mol. The van der Waals surface area contributed by atoms with E-state index in [1.54, 1.807) is 6.20 Å². The van der Waals surface area contributed by atoms with Crippen LogP contribution in [0, 0.1) is 0 Å². The molecule has 2 heterocycles. The normalized spacial score (nSPS) is 10.7. The lowest BCUT2D eigenvalue weighted by Crippen LogP contribution is -2.18. The Hall–Kier alpha value is -1.89. The topological polar surface area (TPSA) is 71.2 Å². The van der Waals surface area contributed by atoms with Crippen molar-refractivity contribution in [3.63, 3.8) is 0 Å². The fourth-order valence-electron chi connectivity index (χ4n) is 1.74. The third-order valence-corrected chi connectivity index (χ3v) is 4.04. The maximum absolute atomic E-state index is 11.1. The van der Waals surface area contributed by atoms with Crippen LogP contribution in [0.5, 0.6) is 0 Å². The zero-order chi connectivity index (χ0) is 14.0. The maximum Gasteiger partial charge on any atom is 0.347 e. The summed E-state index contributed by atoms with van der Waals surface area (Å²) in [6, 6.07) is 0. The molecular formula is C12H16N4O2S. The second kappa shape index (κ2) is 5.40. The molecule has 0 aromatic carbocycles. The summed E-state index contributed by atoms with van der Waals surface area (Å²) >= 11 is 1.21. The Morgan fingerprint density at radius 2 is 2.32 bits per heavy atom. The summed E-state index contributed by atoms with van der Waals surface area (Å²) in [5.74, 6) is -0.00128. The van der Waals surface area contributed by atoms with Crippen LogP contribution in [0.2, 0.25) is 0 Å². The van der Waals surface area contributed by atoms with Gasteiger partial charge in [-0.1, -0.05) is 18.3 Å². The number of aromatic carboxylic acids is 1. The molecule has 19 heavy (non-hydrogen) atoms. The monoisotopic (exact) mass is 280 g/mol. The molecule has 0 spiro atoms. The number of rotatable bonds is 5. The van der Waals surface area contributed by atoms with Crippen LogP contribution in [-0.2, 0) is 20.0 Å². The SMILES string of the molecule is CCc1nc(N(C)Cc2nccn2C)sc1C(=O)O. The van der Waals surface area contributed by atoms with Gasteiger partial charge in [-0.3, -0.25) is 0 Å². The minimum Gasteiger partial charge on any atom is -0.477 e. The van der Waals surface area contributed by atoms with Gasteiger partial charge >= 0.3 is 5.97 Å². The molecule has 0 atom stereocenters. The van der Waals surface area contributed by atoms with Crippen LogP contribution in [0.4, 0.5) is 5.13 Å². The largest absolute Gasteiger partial charge is 0.477 e. The van der Waals surface area contributed by atoms with Gasteiger partial charge in [0, 0.05) is 26.5 Å². The first-order chi connectivity index (χ1) is 9.02. The number of nitrogens with zero attached hydrogens (tertiary/aromatic N) is 4. The van der Waals surface area contributed by atoms with Crippen LogP contribution in [0.25, 0.3) is 0 Å². The summed E-state index contributed by atoms with van der Waals surface area (Å²) < 4.78 is 1.93. The predicted molar refractivity (Wildman–Crippen MR) is 73.8 cm³/mol. The van der Waals surface area contributed by atoms with Crippen LogP contribution < -0.4 is 4.90 Å². The number of anilines is 1. The highest BCUT2D eigenvalue weighted by molar-refractivity contribution is 7.17. The van der Waals surface area contributed by atoms with Crippen molar-refractivity contribution in [3.8, 4) is 0 Å². The first-order valence-electron chi connectivity index (χ1n) is 5.93. The molecule has 0 fully saturated rings. The Morgan fingerprint density at radius 1 is 1.58 bits per heavy atom. The van der Waals surface area contributed by atoms with Gasteiger partial charge in [0.2, 0.25) is 0 Å². The van der Waals surface area contributed by atoms with E-state index in [-0.39, 0.29) is 0 Å². The van der Waals surface area contributed by atoms with E-state index in [9.17, 15) is 4.79 Å². The Bertz CT molecular complexity index is 590. The molecule has 0 aliphatic carbocycles. The molecule has 2 aromatic heterocycles. The van der Waals surface area contributed by atoms with E-state index in [0.717, 1.165) is 5.82 Å². The third kappa shape index (κ3) is 2.76. The minimum absolute atomic E-state index is 0.323. The molecule has 102 valence electrons. The highest BCUT2D eigenvalue weighted by atomic mass is 32.1. The Balaban J connectivity index is 2.22. The molecule has 0 radical (unpaired) electrons. The van der Waals surface area contributed by atoms with Crippen molar-refractivity contribution >= 4 is 22.4 Å². The van der Waals surface area contributed by atoms with Crippen molar-refractivity contribution < 1.29 is 9.90 Å². The lowest BCUT2D eigenvalue weighted by Gasteiger charge is -2.14. The van der Waals surface area contributed by atoms with E-state index < -0.39 is 5.97 Å². The number of aromatic nitrogens is 3. The minimum atomic E-state index is -0.911. The third-order valence-electron chi connectivity index (χ3n) is 2.84. The number of carbonyl (C=O) groups is 1. The van der Waals surface area contributed by atoms with E-state index in [0.29, 0.717) is 28.7 Å².